The van der Waals surface area contributed by atoms with Crippen molar-refractivity contribution < 1.29 is 9.59 Å². The Bertz CT molecular complexity index is 602. The molecule has 0 bridgehead atoms. The Labute approximate surface area is 143 Å². The molecule has 0 unspecified atom stereocenters. The summed E-state index contributed by atoms with van der Waals surface area (Å²) in [6.45, 7) is 2.63. The van der Waals surface area contributed by atoms with Crippen LogP contribution >= 0.6 is 0 Å². The summed E-state index contributed by atoms with van der Waals surface area (Å²) in [7, 11) is 0. The van der Waals surface area contributed by atoms with E-state index < -0.39 is 0 Å². The largest absolute Gasteiger partial charge is 0.356 e. The van der Waals surface area contributed by atoms with Gasteiger partial charge in [-0.15, -0.1) is 0 Å². The van der Waals surface area contributed by atoms with E-state index in [1.165, 1.54) is 6.92 Å². The van der Waals surface area contributed by atoms with Crippen molar-refractivity contribution in [3.63, 3.8) is 0 Å². The molecule has 0 atom stereocenters. The van der Waals surface area contributed by atoms with Gasteiger partial charge in [-0.3, -0.25) is 9.59 Å². The van der Waals surface area contributed by atoms with Crippen molar-refractivity contribution in [3.8, 4) is 0 Å². The number of carbonyl (C=O) groups is 2. The predicted octanol–water partition coefficient (Wildman–Crippen LogP) is 2.85. The number of carbonyl (C=O) groups excluding carboxylic acids is 2. The molecule has 0 radical (unpaired) electrons. The molecule has 0 heterocycles. The molecule has 2 N–H and O–H groups in total. The molecule has 0 aliphatic carbocycles. The van der Waals surface area contributed by atoms with Crippen LogP contribution in [0.5, 0.6) is 0 Å². The molecule has 0 saturated carbocycles. The van der Waals surface area contributed by atoms with Crippen LogP contribution in [0.25, 0.3) is 0 Å². The average molecular weight is 324 g/mol. The first-order valence-electron chi connectivity index (χ1n) is 8.28. The Balaban J connectivity index is 1.94. The van der Waals surface area contributed by atoms with Gasteiger partial charge < -0.3 is 10.6 Å². The Morgan fingerprint density at radius 2 is 1.33 bits per heavy atom. The SMILES string of the molecule is CC(=O)NCCCNC(=O)CC(c1ccccc1)c1ccccc1. The molecular formula is C20H24N2O2. The second-order valence-electron chi connectivity index (χ2n) is 5.76. The van der Waals surface area contributed by atoms with Crippen LogP contribution in [-0.2, 0) is 9.59 Å². The Hall–Kier alpha value is -2.62. The highest BCUT2D eigenvalue weighted by molar-refractivity contribution is 5.77. The van der Waals surface area contributed by atoms with E-state index in [2.05, 4.69) is 34.9 Å². The summed E-state index contributed by atoms with van der Waals surface area (Å²) in [6, 6.07) is 20.2. The third kappa shape index (κ3) is 5.88. The topological polar surface area (TPSA) is 58.2 Å². The van der Waals surface area contributed by atoms with Gasteiger partial charge in [-0.1, -0.05) is 60.7 Å². The normalized spacial score (nSPS) is 10.4. The minimum atomic E-state index is -0.0467. The lowest BCUT2D eigenvalue weighted by molar-refractivity contribution is -0.121. The van der Waals surface area contributed by atoms with Gasteiger partial charge in [0, 0.05) is 32.4 Å². The molecule has 4 nitrogen and oxygen atoms in total. The summed E-state index contributed by atoms with van der Waals surface area (Å²) in [5.74, 6) is 0.0211. The molecule has 0 aliphatic rings. The van der Waals surface area contributed by atoms with E-state index in [9.17, 15) is 9.59 Å². The van der Waals surface area contributed by atoms with Crippen molar-refractivity contribution in [2.75, 3.05) is 13.1 Å². The fourth-order valence-electron chi connectivity index (χ4n) is 2.64. The summed E-state index contributed by atoms with van der Waals surface area (Å²) in [6.07, 6.45) is 1.14. The summed E-state index contributed by atoms with van der Waals surface area (Å²) in [5.41, 5.74) is 2.27. The van der Waals surface area contributed by atoms with E-state index in [4.69, 9.17) is 0 Å². The highest BCUT2D eigenvalue weighted by Gasteiger charge is 2.17. The van der Waals surface area contributed by atoms with Crippen molar-refractivity contribution in [1.82, 2.24) is 10.6 Å². The smallest absolute Gasteiger partial charge is 0.220 e. The lowest BCUT2D eigenvalue weighted by Crippen LogP contribution is -2.29. The zero-order valence-corrected chi connectivity index (χ0v) is 14.0. The van der Waals surface area contributed by atoms with Gasteiger partial charge in [0.25, 0.3) is 0 Å². The van der Waals surface area contributed by atoms with Crippen LogP contribution in [-0.4, -0.2) is 24.9 Å². The first kappa shape index (κ1) is 17.7. The van der Waals surface area contributed by atoms with Gasteiger partial charge in [0.05, 0.1) is 0 Å². The maximum Gasteiger partial charge on any atom is 0.220 e. The lowest BCUT2D eigenvalue weighted by Gasteiger charge is -2.18. The molecule has 2 rings (SSSR count). The van der Waals surface area contributed by atoms with Crippen LogP contribution in [0.4, 0.5) is 0 Å². The second kappa shape index (κ2) is 9.50. The summed E-state index contributed by atoms with van der Waals surface area (Å²) >= 11 is 0. The van der Waals surface area contributed by atoms with Gasteiger partial charge in [0.2, 0.25) is 11.8 Å². The quantitative estimate of drug-likeness (QED) is 0.734. The minimum absolute atomic E-state index is 0.0236. The number of rotatable bonds is 8. The van der Waals surface area contributed by atoms with Crippen molar-refractivity contribution in [3.05, 3.63) is 71.8 Å². The zero-order chi connectivity index (χ0) is 17.2. The van der Waals surface area contributed by atoms with Crippen LogP contribution in [0, 0.1) is 0 Å². The zero-order valence-electron chi connectivity index (χ0n) is 14.0. The highest BCUT2D eigenvalue weighted by atomic mass is 16.2. The molecule has 0 spiro atoms. The molecular weight excluding hydrogens is 300 g/mol. The number of hydrogen-bond acceptors (Lipinski definition) is 2. The third-order valence-corrected chi connectivity index (χ3v) is 3.84. The van der Waals surface area contributed by atoms with Crippen LogP contribution in [0.3, 0.4) is 0 Å². The summed E-state index contributed by atoms with van der Waals surface area (Å²) < 4.78 is 0. The molecule has 0 aromatic heterocycles. The summed E-state index contributed by atoms with van der Waals surface area (Å²) in [4.78, 5) is 23.1. The monoisotopic (exact) mass is 324 g/mol. The predicted molar refractivity (Wildman–Crippen MR) is 95.7 cm³/mol. The number of nitrogens with one attached hydrogen (secondary N) is 2. The Morgan fingerprint density at radius 1 is 0.833 bits per heavy atom. The molecule has 2 aromatic carbocycles. The van der Waals surface area contributed by atoms with Gasteiger partial charge in [0.1, 0.15) is 0 Å². The van der Waals surface area contributed by atoms with Gasteiger partial charge in [-0.2, -0.15) is 0 Å². The van der Waals surface area contributed by atoms with Crippen LogP contribution < -0.4 is 10.6 Å². The fraction of sp³-hybridized carbons (Fsp3) is 0.300. The molecule has 0 fully saturated rings. The fourth-order valence-corrected chi connectivity index (χ4v) is 2.64. The molecule has 126 valence electrons. The summed E-state index contributed by atoms with van der Waals surface area (Å²) in [5, 5.41) is 5.66. The molecule has 0 saturated heterocycles. The Kier molecular flexibility index (Phi) is 7.02. The van der Waals surface area contributed by atoms with Gasteiger partial charge in [0.15, 0.2) is 0 Å². The van der Waals surface area contributed by atoms with E-state index in [0.29, 0.717) is 19.5 Å². The highest BCUT2D eigenvalue weighted by Crippen LogP contribution is 2.27. The first-order chi connectivity index (χ1) is 11.7. The first-order valence-corrected chi connectivity index (χ1v) is 8.28. The van der Waals surface area contributed by atoms with Crippen molar-refractivity contribution in [1.29, 1.82) is 0 Å². The van der Waals surface area contributed by atoms with E-state index in [1.54, 1.807) is 0 Å². The second-order valence-corrected chi connectivity index (χ2v) is 5.76. The minimum Gasteiger partial charge on any atom is -0.356 e. The third-order valence-electron chi connectivity index (χ3n) is 3.84. The van der Waals surface area contributed by atoms with Crippen molar-refractivity contribution >= 4 is 11.8 Å². The van der Waals surface area contributed by atoms with Crippen LogP contribution in [0.1, 0.15) is 36.8 Å². The van der Waals surface area contributed by atoms with Gasteiger partial charge in [-0.25, -0.2) is 0 Å². The number of amides is 2. The number of hydrogen-bond donors (Lipinski definition) is 2. The average Bonchev–Trinajstić information content (AvgIpc) is 2.60. The molecule has 4 heteroatoms. The van der Waals surface area contributed by atoms with E-state index in [1.807, 2.05) is 36.4 Å². The van der Waals surface area contributed by atoms with Crippen LogP contribution in [0.2, 0.25) is 0 Å². The number of benzene rings is 2. The van der Waals surface area contributed by atoms with Crippen molar-refractivity contribution in [2.24, 2.45) is 0 Å². The molecule has 0 aliphatic heterocycles. The standard InChI is InChI=1S/C20H24N2O2/c1-16(23)21-13-8-14-22-20(24)15-19(17-9-4-2-5-10-17)18-11-6-3-7-12-18/h2-7,9-12,19H,8,13-15H2,1H3,(H,21,23)(H,22,24). The van der Waals surface area contributed by atoms with Crippen LogP contribution in [0.15, 0.2) is 60.7 Å². The maximum absolute atomic E-state index is 12.3. The van der Waals surface area contributed by atoms with Gasteiger partial charge >= 0.3 is 0 Å². The lowest BCUT2D eigenvalue weighted by atomic mass is 9.88. The van der Waals surface area contributed by atoms with E-state index in [0.717, 1.165) is 17.5 Å². The van der Waals surface area contributed by atoms with Gasteiger partial charge in [-0.05, 0) is 17.5 Å². The Morgan fingerprint density at radius 3 is 1.83 bits per heavy atom. The molecule has 2 aromatic rings. The molecule has 2 amide bonds. The maximum atomic E-state index is 12.3. The van der Waals surface area contributed by atoms with Crippen molar-refractivity contribution in [2.45, 2.75) is 25.7 Å². The van der Waals surface area contributed by atoms with E-state index in [-0.39, 0.29) is 17.7 Å². The molecule has 24 heavy (non-hydrogen) atoms. The van der Waals surface area contributed by atoms with E-state index >= 15 is 0 Å².